The highest BCUT2D eigenvalue weighted by atomic mass is 32.1. The molecule has 0 saturated heterocycles. The van der Waals surface area contributed by atoms with Crippen molar-refractivity contribution in [3.8, 4) is 11.5 Å². The number of nitrogens with two attached hydrogens (primary N) is 1. The highest BCUT2D eigenvalue weighted by Crippen LogP contribution is 2.44. The predicted molar refractivity (Wildman–Crippen MR) is 96.5 cm³/mol. The molecule has 4 rings (SSSR count). The number of fused-ring (bicyclic) bond motifs is 2. The maximum atomic E-state index is 6.24. The zero-order valence-electron chi connectivity index (χ0n) is 13.1. The number of aliphatic imine (C=N–C) groups is 1. The maximum Gasteiger partial charge on any atom is 0.197 e. The van der Waals surface area contributed by atoms with Gasteiger partial charge in [0.1, 0.15) is 17.3 Å². The molecule has 2 aromatic rings. The molecule has 2 aromatic carbocycles. The molecule has 0 aliphatic carbocycles. The van der Waals surface area contributed by atoms with Gasteiger partial charge in [0.25, 0.3) is 0 Å². The first-order chi connectivity index (χ1) is 11.7. The maximum absolute atomic E-state index is 6.24. The Hall–Kier alpha value is -2.60. The van der Waals surface area contributed by atoms with Gasteiger partial charge in [-0.2, -0.15) is 0 Å². The van der Waals surface area contributed by atoms with Crippen LogP contribution in [0.1, 0.15) is 17.0 Å². The Kier molecular flexibility index (Phi) is 3.61. The van der Waals surface area contributed by atoms with Crippen molar-refractivity contribution in [3.05, 3.63) is 59.7 Å². The van der Waals surface area contributed by atoms with Crippen LogP contribution in [-0.4, -0.2) is 24.3 Å². The summed E-state index contributed by atoms with van der Waals surface area (Å²) in [5.74, 6) is 2.06. The number of benzene rings is 2. The molecule has 0 radical (unpaired) electrons. The van der Waals surface area contributed by atoms with E-state index in [1.165, 1.54) is 0 Å². The fourth-order valence-electron chi connectivity index (χ4n) is 3.41. The predicted octanol–water partition coefficient (Wildman–Crippen LogP) is 2.41. The number of rotatable bonds is 2. The molecule has 122 valence electrons. The summed E-state index contributed by atoms with van der Waals surface area (Å²) < 4.78 is 11.4. The van der Waals surface area contributed by atoms with Crippen molar-refractivity contribution in [1.82, 2.24) is 5.32 Å². The van der Waals surface area contributed by atoms with Crippen molar-refractivity contribution in [1.29, 1.82) is 0 Å². The van der Waals surface area contributed by atoms with Crippen molar-refractivity contribution in [2.75, 3.05) is 7.11 Å². The van der Waals surface area contributed by atoms with Crippen molar-refractivity contribution in [3.63, 3.8) is 0 Å². The number of hydrogen-bond donors (Lipinski definition) is 2. The van der Waals surface area contributed by atoms with Crippen LogP contribution in [0, 0.1) is 5.92 Å². The second-order valence-electron chi connectivity index (χ2n) is 5.84. The van der Waals surface area contributed by atoms with Gasteiger partial charge in [-0.1, -0.05) is 30.3 Å². The summed E-state index contributed by atoms with van der Waals surface area (Å²) >= 11 is 5.16. The molecule has 5 nitrogen and oxygen atoms in total. The van der Waals surface area contributed by atoms with Gasteiger partial charge < -0.3 is 20.5 Å². The first-order valence-electron chi connectivity index (χ1n) is 7.71. The third kappa shape index (κ3) is 2.39. The summed E-state index contributed by atoms with van der Waals surface area (Å²) in [6.45, 7) is 0. The molecule has 0 spiro atoms. The smallest absolute Gasteiger partial charge is 0.197 e. The van der Waals surface area contributed by atoms with Crippen molar-refractivity contribution in [2.24, 2.45) is 16.6 Å². The zero-order chi connectivity index (χ0) is 16.7. The summed E-state index contributed by atoms with van der Waals surface area (Å²) in [4.78, 5) is 4.26. The third-order valence-corrected chi connectivity index (χ3v) is 4.72. The van der Waals surface area contributed by atoms with Gasteiger partial charge in [0.15, 0.2) is 11.3 Å². The van der Waals surface area contributed by atoms with Crippen LogP contribution >= 0.6 is 12.2 Å². The van der Waals surface area contributed by atoms with Gasteiger partial charge in [0.05, 0.1) is 13.0 Å². The monoisotopic (exact) mass is 339 g/mol. The molecule has 6 heteroatoms. The van der Waals surface area contributed by atoms with Gasteiger partial charge in [0, 0.05) is 11.5 Å². The molecule has 0 saturated carbocycles. The minimum Gasteiger partial charge on any atom is -0.497 e. The number of para-hydroxylation sites is 1. The van der Waals surface area contributed by atoms with E-state index < -0.39 is 0 Å². The molecule has 0 bridgehead atoms. The van der Waals surface area contributed by atoms with E-state index in [0.717, 1.165) is 22.6 Å². The Balaban J connectivity index is 1.86. The largest absolute Gasteiger partial charge is 0.497 e. The minimum atomic E-state index is -0.322. The Morgan fingerprint density at radius 3 is 2.67 bits per heavy atom. The van der Waals surface area contributed by atoms with Crippen molar-refractivity contribution >= 4 is 23.2 Å². The lowest BCUT2D eigenvalue weighted by Gasteiger charge is -2.41. The average Bonchev–Trinajstić information content (AvgIpc) is 2.60. The van der Waals surface area contributed by atoms with Crippen LogP contribution in [0.25, 0.3) is 0 Å². The zero-order valence-corrected chi connectivity index (χ0v) is 13.9. The Morgan fingerprint density at radius 1 is 1.17 bits per heavy atom. The molecule has 2 heterocycles. The highest BCUT2D eigenvalue weighted by molar-refractivity contribution is 7.80. The van der Waals surface area contributed by atoms with E-state index in [9.17, 15) is 0 Å². The highest BCUT2D eigenvalue weighted by Gasteiger charge is 2.43. The molecule has 24 heavy (non-hydrogen) atoms. The summed E-state index contributed by atoms with van der Waals surface area (Å²) in [7, 11) is 1.66. The Bertz CT molecular complexity index is 819. The molecule has 0 aromatic heterocycles. The Morgan fingerprint density at radius 2 is 1.92 bits per heavy atom. The van der Waals surface area contributed by atoms with Crippen LogP contribution in [0.15, 0.2) is 53.5 Å². The van der Waals surface area contributed by atoms with Crippen LogP contribution in [0.4, 0.5) is 0 Å². The molecular weight excluding hydrogens is 322 g/mol. The molecule has 3 atom stereocenters. The van der Waals surface area contributed by atoms with Crippen LogP contribution in [0.3, 0.4) is 0 Å². The first kappa shape index (κ1) is 15.0. The number of nitrogens with one attached hydrogen (secondary N) is 1. The first-order valence-corrected chi connectivity index (χ1v) is 8.12. The van der Waals surface area contributed by atoms with Gasteiger partial charge in [-0.05, 0) is 36.0 Å². The number of methoxy groups -OCH3 is 1. The van der Waals surface area contributed by atoms with Crippen molar-refractivity contribution < 1.29 is 9.47 Å². The lowest BCUT2D eigenvalue weighted by Crippen LogP contribution is -2.56. The van der Waals surface area contributed by atoms with E-state index in [4.69, 9.17) is 27.4 Å². The van der Waals surface area contributed by atoms with Gasteiger partial charge >= 0.3 is 0 Å². The summed E-state index contributed by atoms with van der Waals surface area (Å²) in [5, 5.41) is 3.49. The molecule has 0 fully saturated rings. The van der Waals surface area contributed by atoms with E-state index in [2.05, 4.69) is 28.5 Å². The summed E-state index contributed by atoms with van der Waals surface area (Å²) in [6.07, 6.45) is -0.322. The fraction of sp³-hybridized carbons (Fsp3) is 0.222. The fourth-order valence-corrected chi connectivity index (χ4v) is 3.63. The van der Waals surface area contributed by atoms with E-state index in [0.29, 0.717) is 10.9 Å². The van der Waals surface area contributed by atoms with Crippen molar-refractivity contribution in [2.45, 2.75) is 12.1 Å². The molecule has 2 aliphatic heterocycles. The average molecular weight is 339 g/mol. The number of hydrogen-bond acceptors (Lipinski definition) is 4. The molecule has 2 aliphatic rings. The van der Waals surface area contributed by atoms with Gasteiger partial charge in [-0.15, -0.1) is 0 Å². The molecule has 3 N–H and O–H groups in total. The topological polar surface area (TPSA) is 68.9 Å². The number of amidine groups is 1. The van der Waals surface area contributed by atoms with Gasteiger partial charge in [-0.25, -0.2) is 4.99 Å². The lowest BCUT2D eigenvalue weighted by atomic mass is 9.76. The van der Waals surface area contributed by atoms with Gasteiger partial charge in [-0.3, -0.25) is 0 Å². The number of ether oxygens (including phenoxy) is 2. The van der Waals surface area contributed by atoms with Crippen LogP contribution in [0.5, 0.6) is 11.5 Å². The van der Waals surface area contributed by atoms with Crippen LogP contribution in [-0.2, 0) is 0 Å². The summed E-state index contributed by atoms with van der Waals surface area (Å²) in [5.41, 5.74) is 8.47. The standard InChI is InChI=1S/C18H17N3O2S/c1-22-11-8-6-10(7-9-11)14-12-4-2-3-5-13(12)23-17-15(14)16(19)20-18(24)21-17/h2-9,14-15,17H,1H3,(H3,19,20,21,24). The minimum absolute atomic E-state index is 0.0326. The molecular formula is C18H17N3O2S. The van der Waals surface area contributed by atoms with Crippen LogP contribution < -0.4 is 20.5 Å². The Labute approximate surface area is 145 Å². The third-order valence-electron chi connectivity index (χ3n) is 4.51. The molecule has 3 unspecified atom stereocenters. The van der Waals surface area contributed by atoms with Crippen LogP contribution in [0.2, 0.25) is 0 Å². The molecule has 0 amide bonds. The summed E-state index contributed by atoms with van der Waals surface area (Å²) in [6, 6.07) is 16.0. The number of thiocarbonyl (C=S) groups is 1. The van der Waals surface area contributed by atoms with Gasteiger partial charge in [0.2, 0.25) is 0 Å². The van der Waals surface area contributed by atoms with E-state index in [1.54, 1.807) is 7.11 Å². The second kappa shape index (κ2) is 5.79. The normalized spacial score (nSPS) is 24.8. The quantitative estimate of drug-likeness (QED) is 0.823. The van der Waals surface area contributed by atoms with E-state index >= 15 is 0 Å². The SMILES string of the molecule is COc1ccc(C2c3ccccc3OC3NC(=S)N=C(N)C32)cc1. The van der Waals surface area contributed by atoms with E-state index in [1.807, 2.05) is 30.3 Å². The lowest BCUT2D eigenvalue weighted by molar-refractivity contribution is 0.118. The number of nitrogens with zero attached hydrogens (tertiary/aromatic N) is 1. The second-order valence-corrected chi connectivity index (χ2v) is 6.23. The van der Waals surface area contributed by atoms with E-state index in [-0.39, 0.29) is 18.1 Å².